The summed E-state index contributed by atoms with van der Waals surface area (Å²) in [5.74, 6) is 0. The van der Waals surface area contributed by atoms with Crippen molar-refractivity contribution in [3.05, 3.63) is 27.5 Å². The second kappa shape index (κ2) is 4.17. The van der Waals surface area contributed by atoms with E-state index in [0.29, 0.717) is 5.69 Å². The number of aromatic nitrogens is 1. The van der Waals surface area contributed by atoms with Crippen LogP contribution in [-0.4, -0.2) is 4.98 Å². The van der Waals surface area contributed by atoms with Crippen molar-refractivity contribution in [1.29, 1.82) is 0 Å². The fourth-order valence-corrected chi connectivity index (χ4v) is 1.29. The first kappa shape index (κ1) is 10.6. The Kier molecular flexibility index (Phi) is 3.41. The quantitative estimate of drug-likeness (QED) is 0.789. The lowest BCUT2D eigenvalue weighted by molar-refractivity contribution is 0.151. The second-order valence-corrected chi connectivity index (χ2v) is 3.07. The minimum atomic E-state index is -2.68. The summed E-state index contributed by atoms with van der Waals surface area (Å²) < 4.78 is 24.5. The fourth-order valence-electron chi connectivity index (χ4n) is 0.812. The zero-order chi connectivity index (χ0) is 10.0. The molecule has 1 rings (SSSR count). The van der Waals surface area contributed by atoms with Gasteiger partial charge >= 0.3 is 0 Å². The maximum atomic E-state index is 12.2. The Balaban J connectivity index is 3.20. The molecule has 0 saturated carbocycles. The Labute approximate surface area is 83.7 Å². The average Bonchev–Trinajstić information content (AvgIpc) is 2.07. The highest BCUT2D eigenvalue weighted by atomic mass is 35.5. The molecule has 0 aliphatic carbocycles. The molecule has 0 aliphatic heterocycles. The lowest BCUT2D eigenvalue weighted by Gasteiger charge is -2.05. The number of hydrogen-bond acceptors (Lipinski definition) is 2. The van der Waals surface area contributed by atoms with Crippen molar-refractivity contribution in [3.8, 4) is 0 Å². The Hall–Kier alpha value is -0.450. The van der Waals surface area contributed by atoms with Gasteiger partial charge in [-0.1, -0.05) is 23.2 Å². The standard InChI is InChI=1S/C7H6Cl2F2N2/c8-4-1-3(7(10)11)6(9)13-5(4)2-12/h1,7H,2,12H2. The normalized spacial score (nSPS) is 10.9. The van der Waals surface area contributed by atoms with Gasteiger partial charge in [0.1, 0.15) is 5.15 Å². The van der Waals surface area contributed by atoms with E-state index in [1.54, 1.807) is 0 Å². The van der Waals surface area contributed by atoms with Crippen LogP contribution in [0.15, 0.2) is 6.07 Å². The molecule has 2 N–H and O–H groups in total. The number of halogens is 4. The molecule has 0 amide bonds. The Bertz CT molecular complexity index is 318. The molecular formula is C7H6Cl2F2N2. The van der Waals surface area contributed by atoms with E-state index < -0.39 is 6.43 Å². The van der Waals surface area contributed by atoms with Crippen LogP contribution in [0.25, 0.3) is 0 Å². The van der Waals surface area contributed by atoms with Gasteiger partial charge in [0.25, 0.3) is 6.43 Å². The van der Waals surface area contributed by atoms with E-state index in [1.165, 1.54) is 0 Å². The van der Waals surface area contributed by atoms with Crippen molar-refractivity contribution < 1.29 is 8.78 Å². The van der Waals surface area contributed by atoms with Gasteiger partial charge in [-0.05, 0) is 6.07 Å². The average molecular weight is 227 g/mol. The summed E-state index contributed by atoms with van der Waals surface area (Å²) in [4.78, 5) is 3.64. The molecule has 1 aromatic rings. The number of pyridine rings is 1. The van der Waals surface area contributed by atoms with Gasteiger partial charge < -0.3 is 5.73 Å². The molecule has 1 heterocycles. The first-order valence-corrected chi connectivity index (χ1v) is 4.15. The molecule has 13 heavy (non-hydrogen) atoms. The molecule has 1 aromatic heterocycles. The number of alkyl halides is 2. The van der Waals surface area contributed by atoms with Crippen LogP contribution in [-0.2, 0) is 6.54 Å². The lowest BCUT2D eigenvalue weighted by Crippen LogP contribution is -2.02. The van der Waals surface area contributed by atoms with E-state index >= 15 is 0 Å². The van der Waals surface area contributed by atoms with E-state index in [4.69, 9.17) is 28.9 Å². The highest BCUT2D eigenvalue weighted by molar-refractivity contribution is 6.33. The van der Waals surface area contributed by atoms with Gasteiger partial charge in [-0.25, -0.2) is 13.8 Å². The monoisotopic (exact) mass is 226 g/mol. The van der Waals surface area contributed by atoms with Crippen LogP contribution in [0, 0.1) is 0 Å². The maximum Gasteiger partial charge on any atom is 0.266 e. The molecule has 0 saturated heterocycles. The summed E-state index contributed by atoms with van der Waals surface area (Å²) in [5.41, 5.74) is 5.20. The highest BCUT2D eigenvalue weighted by Gasteiger charge is 2.15. The number of hydrogen-bond donors (Lipinski definition) is 1. The van der Waals surface area contributed by atoms with Crippen LogP contribution in [0.5, 0.6) is 0 Å². The highest BCUT2D eigenvalue weighted by Crippen LogP contribution is 2.29. The number of rotatable bonds is 2. The van der Waals surface area contributed by atoms with Crippen LogP contribution in [0.1, 0.15) is 17.7 Å². The van der Waals surface area contributed by atoms with Gasteiger partial charge in [-0.3, -0.25) is 0 Å². The third-order valence-electron chi connectivity index (χ3n) is 1.46. The van der Waals surface area contributed by atoms with Gasteiger partial charge in [0.05, 0.1) is 16.3 Å². The predicted octanol–water partition coefficient (Wildman–Crippen LogP) is 2.78. The zero-order valence-corrected chi connectivity index (χ0v) is 7.91. The molecule has 72 valence electrons. The van der Waals surface area contributed by atoms with Crippen molar-refractivity contribution in [2.45, 2.75) is 13.0 Å². The molecule has 0 aliphatic rings. The summed E-state index contributed by atoms with van der Waals surface area (Å²) in [5, 5.41) is -0.137. The van der Waals surface area contributed by atoms with Crippen molar-refractivity contribution in [2.24, 2.45) is 5.73 Å². The summed E-state index contributed by atoms with van der Waals surface area (Å²) in [7, 11) is 0. The first-order valence-electron chi connectivity index (χ1n) is 3.39. The van der Waals surface area contributed by atoms with E-state index in [0.717, 1.165) is 6.07 Å². The molecule has 0 radical (unpaired) electrons. The molecule has 0 spiro atoms. The Morgan fingerprint density at radius 2 is 2.08 bits per heavy atom. The van der Waals surface area contributed by atoms with Crippen molar-refractivity contribution in [1.82, 2.24) is 4.98 Å². The van der Waals surface area contributed by atoms with Crippen molar-refractivity contribution >= 4 is 23.2 Å². The molecular weight excluding hydrogens is 221 g/mol. The molecule has 2 nitrogen and oxygen atoms in total. The Morgan fingerprint density at radius 1 is 1.46 bits per heavy atom. The second-order valence-electron chi connectivity index (χ2n) is 2.30. The fraction of sp³-hybridized carbons (Fsp3) is 0.286. The third-order valence-corrected chi connectivity index (χ3v) is 2.09. The van der Waals surface area contributed by atoms with E-state index in [1.807, 2.05) is 0 Å². The van der Waals surface area contributed by atoms with Crippen LogP contribution < -0.4 is 5.73 Å². The summed E-state index contributed by atoms with van der Waals surface area (Å²) in [6.45, 7) is 0.0715. The largest absolute Gasteiger partial charge is 0.325 e. The lowest BCUT2D eigenvalue weighted by atomic mass is 10.2. The van der Waals surface area contributed by atoms with Gasteiger partial charge in [0.15, 0.2) is 0 Å². The smallest absolute Gasteiger partial charge is 0.266 e. The van der Waals surface area contributed by atoms with Crippen molar-refractivity contribution in [3.63, 3.8) is 0 Å². The van der Waals surface area contributed by atoms with Crippen molar-refractivity contribution in [2.75, 3.05) is 0 Å². The van der Waals surface area contributed by atoms with E-state index in [-0.39, 0.29) is 22.3 Å². The zero-order valence-electron chi connectivity index (χ0n) is 6.40. The topological polar surface area (TPSA) is 38.9 Å². The predicted molar refractivity (Wildman–Crippen MR) is 47.1 cm³/mol. The molecule has 6 heteroatoms. The molecule has 0 aromatic carbocycles. The number of nitrogens with zero attached hydrogens (tertiary/aromatic N) is 1. The maximum absolute atomic E-state index is 12.2. The first-order chi connectivity index (χ1) is 6.06. The van der Waals surface area contributed by atoms with Gasteiger partial charge in [-0.15, -0.1) is 0 Å². The number of nitrogens with two attached hydrogens (primary N) is 1. The minimum absolute atomic E-state index is 0.0715. The summed E-state index contributed by atoms with van der Waals surface area (Å²) >= 11 is 11.1. The van der Waals surface area contributed by atoms with Crippen LogP contribution in [0.4, 0.5) is 8.78 Å². The van der Waals surface area contributed by atoms with E-state index in [9.17, 15) is 8.78 Å². The summed E-state index contributed by atoms with van der Waals surface area (Å²) in [6, 6.07) is 1.09. The molecule has 0 atom stereocenters. The van der Waals surface area contributed by atoms with Crippen LogP contribution in [0.2, 0.25) is 10.2 Å². The van der Waals surface area contributed by atoms with Gasteiger partial charge in [0, 0.05) is 6.54 Å². The van der Waals surface area contributed by atoms with Gasteiger partial charge in [0.2, 0.25) is 0 Å². The molecule has 0 bridgehead atoms. The molecule has 0 fully saturated rings. The van der Waals surface area contributed by atoms with E-state index in [2.05, 4.69) is 4.98 Å². The summed E-state index contributed by atoms with van der Waals surface area (Å²) in [6.07, 6.45) is -2.68. The van der Waals surface area contributed by atoms with Crippen LogP contribution >= 0.6 is 23.2 Å². The SMILES string of the molecule is NCc1nc(Cl)c(C(F)F)cc1Cl. The molecule has 0 unspecified atom stereocenters. The van der Waals surface area contributed by atoms with Crippen LogP contribution in [0.3, 0.4) is 0 Å². The Morgan fingerprint density at radius 3 is 2.54 bits per heavy atom. The minimum Gasteiger partial charge on any atom is -0.325 e. The third kappa shape index (κ3) is 2.27. The van der Waals surface area contributed by atoms with Gasteiger partial charge in [-0.2, -0.15) is 0 Å².